The van der Waals surface area contributed by atoms with Gasteiger partial charge in [0.25, 0.3) is 0 Å². The van der Waals surface area contributed by atoms with Crippen LogP contribution in [0.4, 0.5) is 14.9 Å². The van der Waals surface area contributed by atoms with Crippen molar-refractivity contribution in [3.63, 3.8) is 0 Å². The zero-order valence-electron chi connectivity index (χ0n) is 11.7. The molecule has 1 atom stereocenters. The minimum absolute atomic E-state index is 0.112. The van der Waals surface area contributed by atoms with Gasteiger partial charge in [-0.15, -0.1) is 0 Å². The minimum atomic E-state index is -0.452. The van der Waals surface area contributed by atoms with Crippen LogP contribution < -0.4 is 10.1 Å². The number of rotatable bonds is 4. The molecule has 20 heavy (non-hydrogen) atoms. The molecular weight excluding hydrogens is 263 g/mol. The maximum absolute atomic E-state index is 13.3. The molecule has 1 aliphatic heterocycles. The van der Waals surface area contributed by atoms with Crippen LogP contribution in [0.15, 0.2) is 18.2 Å². The number of carbonyl (C=O) groups excluding carboxylic acids is 1. The first-order chi connectivity index (χ1) is 9.63. The Bertz CT molecular complexity index is 481. The molecule has 2 rings (SSSR count). The average Bonchev–Trinajstić information content (AvgIpc) is 2.90. The third-order valence-electron chi connectivity index (χ3n) is 3.38. The molecule has 1 aromatic rings. The number of carbonyl (C=O) groups is 1. The van der Waals surface area contributed by atoms with Crippen LogP contribution in [0.5, 0.6) is 5.75 Å². The number of methoxy groups -OCH3 is 2. The van der Waals surface area contributed by atoms with Gasteiger partial charge >= 0.3 is 6.03 Å². The van der Waals surface area contributed by atoms with E-state index in [4.69, 9.17) is 9.47 Å². The number of ether oxygens (including phenoxy) is 2. The van der Waals surface area contributed by atoms with Crippen LogP contribution in [-0.4, -0.2) is 44.8 Å². The van der Waals surface area contributed by atoms with E-state index in [1.807, 2.05) is 0 Å². The van der Waals surface area contributed by atoms with E-state index in [1.165, 1.54) is 25.3 Å². The molecule has 1 aromatic carbocycles. The Morgan fingerprint density at radius 1 is 1.50 bits per heavy atom. The van der Waals surface area contributed by atoms with Crippen LogP contribution in [0.2, 0.25) is 0 Å². The fourth-order valence-electron chi connectivity index (χ4n) is 2.33. The number of benzene rings is 1. The molecule has 1 aliphatic rings. The first-order valence-corrected chi connectivity index (χ1v) is 6.52. The summed E-state index contributed by atoms with van der Waals surface area (Å²) in [5.74, 6) is 0.0433. The van der Waals surface area contributed by atoms with Crippen LogP contribution in [-0.2, 0) is 4.74 Å². The molecule has 1 saturated heterocycles. The highest BCUT2D eigenvalue weighted by molar-refractivity contribution is 5.89. The molecular formula is C14H19FN2O3. The Morgan fingerprint density at radius 3 is 3.00 bits per heavy atom. The van der Waals surface area contributed by atoms with Crippen molar-refractivity contribution in [1.29, 1.82) is 0 Å². The van der Waals surface area contributed by atoms with E-state index in [1.54, 1.807) is 12.0 Å². The molecule has 0 aromatic heterocycles. The summed E-state index contributed by atoms with van der Waals surface area (Å²) >= 11 is 0. The summed E-state index contributed by atoms with van der Waals surface area (Å²) in [6, 6.07) is 4.07. The van der Waals surface area contributed by atoms with E-state index in [0.717, 1.165) is 6.42 Å². The third-order valence-corrected chi connectivity index (χ3v) is 3.38. The zero-order valence-corrected chi connectivity index (χ0v) is 11.7. The minimum Gasteiger partial charge on any atom is -0.494 e. The van der Waals surface area contributed by atoms with Gasteiger partial charge in [-0.25, -0.2) is 9.18 Å². The van der Waals surface area contributed by atoms with Gasteiger partial charge in [0.15, 0.2) is 11.6 Å². The van der Waals surface area contributed by atoms with Crippen molar-refractivity contribution in [2.45, 2.75) is 6.42 Å². The lowest BCUT2D eigenvalue weighted by Crippen LogP contribution is -2.33. The van der Waals surface area contributed by atoms with Crippen molar-refractivity contribution in [2.24, 2.45) is 5.92 Å². The Kier molecular flexibility index (Phi) is 4.79. The molecule has 1 fully saturated rings. The van der Waals surface area contributed by atoms with Gasteiger partial charge < -0.3 is 19.7 Å². The van der Waals surface area contributed by atoms with Gasteiger partial charge in [-0.3, -0.25) is 0 Å². The Labute approximate surface area is 117 Å². The maximum atomic E-state index is 13.3. The lowest BCUT2D eigenvalue weighted by atomic mass is 10.1. The zero-order chi connectivity index (χ0) is 14.5. The largest absolute Gasteiger partial charge is 0.494 e. The van der Waals surface area contributed by atoms with Crippen molar-refractivity contribution in [3.05, 3.63) is 24.0 Å². The normalized spacial score (nSPS) is 18.1. The van der Waals surface area contributed by atoms with Crippen LogP contribution in [0.1, 0.15) is 6.42 Å². The number of hydrogen-bond acceptors (Lipinski definition) is 3. The van der Waals surface area contributed by atoms with E-state index in [-0.39, 0.29) is 11.8 Å². The number of anilines is 1. The third kappa shape index (κ3) is 3.39. The summed E-state index contributed by atoms with van der Waals surface area (Å²) in [7, 11) is 3.05. The molecule has 0 spiro atoms. The second-order valence-corrected chi connectivity index (χ2v) is 4.84. The number of nitrogens with zero attached hydrogens (tertiary/aromatic N) is 1. The smallest absolute Gasteiger partial charge is 0.321 e. The molecule has 110 valence electrons. The highest BCUT2D eigenvalue weighted by atomic mass is 19.1. The second-order valence-electron chi connectivity index (χ2n) is 4.84. The Balaban J connectivity index is 1.95. The van der Waals surface area contributed by atoms with Gasteiger partial charge in [-0.05, 0) is 18.6 Å². The van der Waals surface area contributed by atoms with Gasteiger partial charge in [0, 0.05) is 37.9 Å². The van der Waals surface area contributed by atoms with Crippen molar-refractivity contribution in [3.8, 4) is 5.75 Å². The Hall–Kier alpha value is -1.82. The van der Waals surface area contributed by atoms with Crippen LogP contribution >= 0.6 is 0 Å². The van der Waals surface area contributed by atoms with Gasteiger partial charge in [-0.1, -0.05) is 0 Å². The van der Waals surface area contributed by atoms with Crippen molar-refractivity contribution in [1.82, 2.24) is 4.90 Å². The topological polar surface area (TPSA) is 50.8 Å². The van der Waals surface area contributed by atoms with E-state index in [0.29, 0.717) is 31.3 Å². The average molecular weight is 282 g/mol. The molecule has 1 heterocycles. The second kappa shape index (κ2) is 6.56. The van der Waals surface area contributed by atoms with E-state index in [2.05, 4.69) is 5.32 Å². The molecule has 0 radical (unpaired) electrons. The summed E-state index contributed by atoms with van der Waals surface area (Å²) in [4.78, 5) is 13.8. The molecule has 0 bridgehead atoms. The molecule has 6 heteroatoms. The van der Waals surface area contributed by atoms with Gasteiger partial charge in [-0.2, -0.15) is 0 Å². The van der Waals surface area contributed by atoms with Gasteiger partial charge in [0.05, 0.1) is 13.7 Å². The predicted molar refractivity (Wildman–Crippen MR) is 73.5 cm³/mol. The van der Waals surface area contributed by atoms with Crippen molar-refractivity contribution < 1.29 is 18.7 Å². The fourth-order valence-corrected chi connectivity index (χ4v) is 2.33. The lowest BCUT2D eigenvalue weighted by molar-refractivity contribution is 0.154. The monoisotopic (exact) mass is 282 g/mol. The number of urea groups is 1. The number of amides is 2. The molecule has 0 saturated carbocycles. The van der Waals surface area contributed by atoms with Crippen molar-refractivity contribution in [2.75, 3.05) is 39.2 Å². The van der Waals surface area contributed by atoms with Gasteiger partial charge in [0.2, 0.25) is 0 Å². The lowest BCUT2D eigenvalue weighted by Gasteiger charge is -2.17. The predicted octanol–water partition coefficient (Wildman–Crippen LogP) is 2.33. The summed E-state index contributed by atoms with van der Waals surface area (Å²) in [6.45, 7) is 2.05. The Morgan fingerprint density at radius 2 is 2.30 bits per heavy atom. The van der Waals surface area contributed by atoms with E-state index >= 15 is 0 Å². The first-order valence-electron chi connectivity index (χ1n) is 6.52. The molecule has 0 unspecified atom stereocenters. The number of likely N-dealkylation sites (tertiary alicyclic amines) is 1. The summed E-state index contributed by atoms with van der Waals surface area (Å²) in [6.07, 6.45) is 0.938. The summed E-state index contributed by atoms with van der Waals surface area (Å²) in [5.41, 5.74) is 0.517. The number of halogens is 1. The number of hydrogen-bond donors (Lipinski definition) is 1. The quantitative estimate of drug-likeness (QED) is 0.922. The molecule has 0 aliphatic carbocycles. The summed E-state index contributed by atoms with van der Waals surface area (Å²) < 4.78 is 23.3. The maximum Gasteiger partial charge on any atom is 0.321 e. The van der Waals surface area contributed by atoms with Gasteiger partial charge in [0.1, 0.15) is 0 Å². The molecule has 1 N–H and O–H groups in total. The van der Waals surface area contributed by atoms with Crippen LogP contribution in [0, 0.1) is 11.7 Å². The standard InChI is InChI=1S/C14H19FN2O3/c1-19-9-10-5-6-17(8-10)14(18)16-11-3-4-12(15)13(7-11)20-2/h3-4,7,10H,5-6,8-9H2,1-2H3,(H,16,18)/t10-/m0/s1. The fraction of sp³-hybridized carbons (Fsp3) is 0.500. The highest BCUT2D eigenvalue weighted by Gasteiger charge is 2.26. The molecule has 5 nitrogen and oxygen atoms in total. The molecule has 2 amide bonds. The van der Waals surface area contributed by atoms with Crippen LogP contribution in [0.25, 0.3) is 0 Å². The number of nitrogens with one attached hydrogen (secondary N) is 1. The first kappa shape index (κ1) is 14.6. The van der Waals surface area contributed by atoms with E-state index in [9.17, 15) is 9.18 Å². The van der Waals surface area contributed by atoms with Crippen LogP contribution in [0.3, 0.4) is 0 Å². The highest BCUT2D eigenvalue weighted by Crippen LogP contribution is 2.23. The van der Waals surface area contributed by atoms with E-state index < -0.39 is 5.82 Å². The summed E-state index contributed by atoms with van der Waals surface area (Å²) in [5, 5.41) is 2.75. The van der Waals surface area contributed by atoms with Crippen molar-refractivity contribution >= 4 is 11.7 Å². The SMILES string of the molecule is COC[C@H]1CCN(C(=O)Nc2ccc(F)c(OC)c2)C1.